The molecule has 0 radical (unpaired) electrons. The molecule has 1 aliphatic heterocycles. The van der Waals surface area contributed by atoms with Crippen molar-refractivity contribution >= 4 is 55.0 Å². The second-order valence-corrected chi connectivity index (χ2v) is 11.1. The number of hydrogen-bond donors (Lipinski definition) is 0. The molecule has 0 spiro atoms. The molecule has 3 aliphatic rings. The second-order valence-electron chi connectivity index (χ2n) is 8.95. The van der Waals surface area contributed by atoms with E-state index in [2.05, 4.69) is 36.8 Å². The van der Waals surface area contributed by atoms with Gasteiger partial charge in [0.1, 0.15) is 12.4 Å². The van der Waals surface area contributed by atoms with Gasteiger partial charge >= 0.3 is 0 Å². The van der Waals surface area contributed by atoms with Gasteiger partial charge in [0.2, 0.25) is 0 Å². The number of nitrogens with zero attached hydrogens (tertiary/aromatic N) is 1. The molecule has 176 valence electrons. The second kappa shape index (κ2) is 9.63. The van der Waals surface area contributed by atoms with Crippen LogP contribution in [0, 0.1) is 0 Å². The van der Waals surface area contributed by atoms with Crippen molar-refractivity contribution in [3.05, 3.63) is 84.0 Å². The first kappa shape index (κ1) is 23.8. The van der Waals surface area contributed by atoms with E-state index in [1.54, 1.807) is 0 Å². The van der Waals surface area contributed by atoms with Crippen molar-refractivity contribution in [1.29, 1.82) is 0 Å². The molecule has 0 bridgehead atoms. The van der Waals surface area contributed by atoms with Gasteiger partial charge in [0.25, 0.3) is 0 Å². The number of benzene rings is 2. The molecule has 2 aliphatic carbocycles. The van der Waals surface area contributed by atoms with E-state index in [4.69, 9.17) is 16.3 Å². The highest BCUT2D eigenvalue weighted by Gasteiger charge is 2.43. The molecule has 0 fully saturated rings. The third-order valence-corrected chi connectivity index (χ3v) is 8.34. The molecular weight excluding hydrogens is 582 g/mol. The predicted molar refractivity (Wildman–Crippen MR) is 140 cm³/mol. The van der Waals surface area contributed by atoms with E-state index < -0.39 is 5.92 Å². The molecule has 34 heavy (non-hydrogen) atoms. The van der Waals surface area contributed by atoms with Crippen LogP contribution in [0.5, 0.6) is 5.75 Å². The SMILES string of the molecule is CN1C2=C(C(=O)CCC2)C(c2cc(Br)cc(Br)c2OCc2ccccc2Cl)C2=C1CCCC2=O. The number of carbonyl (C=O) groups excluding carboxylic acids is 2. The summed E-state index contributed by atoms with van der Waals surface area (Å²) in [7, 11) is 2.00. The Bertz CT molecular complexity index is 1220. The summed E-state index contributed by atoms with van der Waals surface area (Å²) in [6.45, 7) is 0.277. The molecule has 0 saturated heterocycles. The summed E-state index contributed by atoms with van der Waals surface area (Å²) >= 11 is 13.7. The van der Waals surface area contributed by atoms with Gasteiger partial charge in [0, 0.05) is 69.0 Å². The molecule has 5 rings (SSSR count). The smallest absolute Gasteiger partial charge is 0.161 e. The summed E-state index contributed by atoms with van der Waals surface area (Å²) in [6, 6.07) is 11.5. The van der Waals surface area contributed by atoms with Crippen molar-refractivity contribution in [2.75, 3.05) is 7.05 Å². The Morgan fingerprint density at radius 3 is 2.21 bits per heavy atom. The molecule has 2 aromatic rings. The van der Waals surface area contributed by atoms with Crippen LogP contribution in [0.4, 0.5) is 0 Å². The van der Waals surface area contributed by atoms with Gasteiger partial charge in [-0.25, -0.2) is 0 Å². The minimum Gasteiger partial charge on any atom is -0.487 e. The third kappa shape index (κ3) is 4.18. The summed E-state index contributed by atoms with van der Waals surface area (Å²) < 4.78 is 7.98. The maximum absolute atomic E-state index is 13.3. The van der Waals surface area contributed by atoms with Crippen LogP contribution in [0.25, 0.3) is 0 Å². The van der Waals surface area contributed by atoms with Crippen LogP contribution in [0.3, 0.4) is 0 Å². The Labute approximate surface area is 221 Å². The number of ketones is 2. The maximum Gasteiger partial charge on any atom is 0.161 e. The maximum atomic E-state index is 13.3. The van der Waals surface area contributed by atoms with Crippen LogP contribution < -0.4 is 4.74 Å². The Morgan fingerprint density at radius 1 is 0.971 bits per heavy atom. The molecule has 4 nitrogen and oxygen atoms in total. The van der Waals surface area contributed by atoms with Crippen molar-refractivity contribution in [2.45, 2.75) is 51.0 Å². The van der Waals surface area contributed by atoms with Crippen LogP contribution >= 0.6 is 43.5 Å². The van der Waals surface area contributed by atoms with Gasteiger partial charge in [-0.3, -0.25) is 9.59 Å². The first-order valence-corrected chi connectivity index (χ1v) is 13.4. The van der Waals surface area contributed by atoms with Crippen molar-refractivity contribution in [1.82, 2.24) is 4.90 Å². The Hall–Kier alpha value is -1.89. The van der Waals surface area contributed by atoms with Gasteiger partial charge in [-0.1, -0.05) is 45.7 Å². The average Bonchev–Trinajstić information content (AvgIpc) is 2.80. The fourth-order valence-corrected chi connectivity index (χ4v) is 6.94. The summed E-state index contributed by atoms with van der Waals surface area (Å²) in [5.41, 5.74) is 5.28. The van der Waals surface area contributed by atoms with E-state index in [0.717, 1.165) is 68.3 Å². The molecule has 0 amide bonds. The molecule has 0 unspecified atom stereocenters. The lowest BCUT2D eigenvalue weighted by Gasteiger charge is -2.42. The number of allylic oxidation sites excluding steroid dienone is 4. The van der Waals surface area contributed by atoms with E-state index in [0.29, 0.717) is 23.6 Å². The topological polar surface area (TPSA) is 46.6 Å². The monoisotopic (exact) mass is 603 g/mol. The van der Waals surface area contributed by atoms with E-state index >= 15 is 0 Å². The van der Waals surface area contributed by atoms with E-state index in [1.807, 2.05) is 43.4 Å². The lowest BCUT2D eigenvalue weighted by Crippen LogP contribution is -2.37. The van der Waals surface area contributed by atoms with E-state index in [9.17, 15) is 9.59 Å². The summed E-state index contributed by atoms with van der Waals surface area (Å²) in [6.07, 6.45) is 4.36. The Balaban J connectivity index is 1.68. The van der Waals surface area contributed by atoms with E-state index in [1.165, 1.54) is 0 Å². The van der Waals surface area contributed by atoms with Gasteiger partial charge in [-0.15, -0.1) is 0 Å². The molecule has 0 atom stereocenters. The lowest BCUT2D eigenvalue weighted by atomic mass is 9.71. The molecule has 7 heteroatoms. The van der Waals surface area contributed by atoms with Gasteiger partial charge in [0.15, 0.2) is 11.6 Å². The van der Waals surface area contributed by atoms with Crippen molar-refractivity contribution in [3.8, 4) is 5.75 Å². The van der Waals surface area contributed by atoms with Gasteiger partial charge in [0.05, 0.1) is 4.47 Å². The van der Waals surface area contributed by atoms with Crippen molar-refractivity contribution in [2.24, 2.45) is 0 Å². The Morgan fingerprint density at radius 2 is 1.59 bits per heavy atom. The van der Waals surface area contributed by atoms with Crippen LogP contribution in [-0.2, 0) is 16.2 Å². The number of hydrogen-bond acceptors (Lipinski definition) is 4. The molecule has 0 aromatic heterocycles. The molecule has 2 aromatic carbocycles. The zero-order chi connectivity index (χ0) is 24.0. The minimum absolute atomic E-state index is 0.121. The summed E-state index contributed by atoms with van der Waals surface area (Å²) in [5.74, 6) is 0.442. The highest BCUT2D eigenvalue weighted by molar-refractivity contribution is 9.11. The highest BCUT2D eigenvalue weighted by Crippen LogP contribution is 2.52. The Kier molecular flexibility index (Phi) is 6.75. The van der Waals surface area contributed by atoms with Crippen molar-refractivity contribution in [3.63, 3.8) is 0 Å². The van der Waals surface area contributed by atoms with E-state index in [-0.39, 0.29) is 18.2 Å². The first-order valence-electron chi connectivity index (χ1n) is 11.5. The molecule has 1 heterocycles. The fourth-order valence-electron chi connectivity index (χ4n) is 5.38. The van der Waals surface area contributed by atoms with Crippen molar-refractivity contribution < 1.29 is 14.3 Å². The predicted octanol–water partition coefficient (Wildman–Crippen LogP) is 7.49. The molecular formula is C27H24Br2ClNO3. The minimum atomic E-state index is -0.433. The number of halogens is 3. The number of ether oxygens (including phenoxy) is 1. The van der Waals surface area contributed by atoms with Gasteiger partial charge < -0.3 is 9.64 Å². The molecule has 0 saturated carbocycles. The zero-order valence-electron chi connectivity index (χ0n) is 18.8. The third-order valence-electron chi connectivity index (χ3n) is 6.92. The normalized spacial score (nSPS) is 18.9. The largest absolute Gasteiger partial charge is 0.487 e. The highest BCUT2D eigenvalue weighted by atomic mass is 79.9. The first-order chi connectivity index (χ1) is 16.4. The zero-order valence-corrected chi connectivity index (χ0v) is 22.7. The lowest BCUT2D eigenvalue weighted by molar-refractivity contribution is -0.117. The average molecular weight is 606 g/mol. The summed E-state index contributed by atoms with van der Waals surface area (Å²) in [5, 5.41) is 0.636. The van der Waals surface area contributed by atoms with Gasteiger partial charge in [-0.05, 0) is 59.8 Å². The van der Waals surface area contributed by atoms with Crippen LogP contribution in [0.2, 0.25) is 5.02 Å². The number of Topliss-reactive ketones (excluding diaryl/α,β-unsaturated/α-hetero) is 2. The van der Waals surface area contributed by atoms with Crippen LogP contribution in [-0.4, -0.2) is 23.5 Å². The van der Waals surface area contributed by atoms with Crippen LogP contribution in [0.15, 0.2) is 67.9 Å². The fraction of sp³-hybridized carbons (Fsp3) is 0.333. The summed E-state index contributed by atoms with van der Waals surface area (Å²) in [4.78, 5) is 28.8. The standard InChI is InChI=1S/C27H24Br2ClNO3/c1-31-20-8-4-10-22(32)25(20)24(26-21(31)9-5-11-23(26)33)17-12-16(28)13-18(29)27(17)34-14-15-6-2-3-7-19(15)30/h2-3,6-7,12-13,24H,4-5,8-11,14H2,1H3. The quantitative estimate of drug-likeness (QED) is 0.363. The van der Waals surface area contributed by atoms with Gasteiger partial charge in [-0.2, -0.15) is 0 Å². The number of carbonyl (C=O) groups is 2. The number of rotatable bonds is 4. The van der Waals surface area contributed by atoms with Crippen LogP contribution in [0.1, 0.15) is 55.6 Å². The molecule has 0 N–H and O–H groups in total.